The Hall–Kier alpha value is -2.41. The molecule has 152 valence electrons. The van der Waals surface area contributed by atoms with Crippen LogP contribution < -0.4 is 10.1 Å². The molecule has 0 spiro atoms. The first-order valence-electron chi connectivity index (χ1n) is 10.1. The molecule has 3 rings (SSSR count). The van der Waals surface area contributed by atoms with Gasteiger partial charge < -0.3 is 19.5 Å². The fraction of sp³-hybridized carbons (Fsp3) is 0.571. The van der Waals surface area contributed by atoms with Gasteiger partial charge in [-0.2, -0.15) is 0 Å². The molecule has 2 heterocycles. The molecule has 0 radical (unpaired) electrons. The highest BCUT2D eigenvalue weighted by atomic mass is 16.5. The maximum absolute atomic E-state index is 12.3. The normalized spacial score (nSPS) is 15.7. The van der Waals surface area contributed by atoms with Crippen molar-refractivity contribution in [3.05, 3.63) is 42.0 Å². The highest BCUT2D eigenvalue weighted by Gasteiger charge is 2.22. The Morgan fingerprint density at radius 2 is 1.93 bits per heavy atom. The van der Waals surface area contributed by atoms with Gasteiger partial charge in [-0.15, -0.1) is 10.2 Å². The van der Waals surface area contributed by atoms with Crippen LogP contribution in [0.25, 0.3) is 0 Å². The highest BCUT2D eigenvalue weighted by Crippen LogP contribution is 2.16. The molecule has 0 aliphatic carbocycles. The van der Waals surface area contributed by atoms with Gasteiger partial charge in [0.1, 0.15) is 11.6 Å². The Balaban J connectivity index is 1.53. The zero-order valence-electron chi connectivity index (χ0n) is 17.1. The Morgan fingerprint density at radius 3 is 2.68 bits per heavy atom. The number of amides is 1. The lowest BCUT2D eigenvalue weighted by atomic mass is 10.1. The van der Waals surface area contributed by atoms with Crippen LogP contribution in [0.2, 0.25) is 0 Å². The summed E-state index contributed by atoms with van der Waals surface area (Å²) in [6.07, 6.45) is 2.10. The number of carbonyl (C=O) groups is 1. The predicted molar refractivity (Wildman–Crippen MR) is 108 cm³/mol. The molecule has 1 unspecified atom stereocenters. The summed E-state index contributed by atoms with van der Waals surface area (Å²) in [6.45, 7) is 10.4. The third-order valence-corrected chi connectivity index (χ3v) is 5.05. The molecule has 0 saturated carbocycles. The first-order chi connectivity index (χ1) is 13.5. The minimum atomic E-state index is -0.213. The molecule has 0 saturated heterocycles. The zero-order valence-corrected chi connectivity index (χ0v) is 17.1. The molecule has 7 heteroatoms. The van der Waals surface area contributed by atoms with Gasteiger partial charge in [0.05, 0.1) is 6.04 Å². The highest BCUT2D eigenvalue weighted by molar-refractivity contribution is 5.77. The molecule has 0 fully saturated rings. The van der Waals surface area contributed by atoms with Gasteiger partial charge in [-0.05, 0) is 37.9 Å². The summed E-state index contributed by atoms with van der Waals surface area (Å²) >= 11 is 0. The smallest absolute Gasteiger partial charge is 0.258 e. The summed E-state index contributed by atoms with van der Waals surface area (Å²) in [5.74, 6) is 3.05. The van der Waals surface area contributed by atoms with E-state index in [9.17, 15) is 4.79 Å². The number of nitrogens with one attached hydrogen (secondary N) is 1. The van der Waals surface area contributed by atoms with Crippen molar-refractivity contribution in [2.45, 2.75) is 46.2 Å². The largest absolute Gasteiger partial charge is 0.484 e. The molecule has 1 amide bonds. The first-order valence-corrected chi connectivity index (χ1v) is 10.1. The molecule has 7 nitrogen and oxygen atoms in total. The van der Waals surface area contributed by atoms with Crippen molar-refractivity contribution in [1.82, 2.24) is 25.0 Å². The summed E-state index contributed by atoms with van der Waals surface area (Å²) in [4.78, 5) is 14.8. The minimum absolute atomic E-state index is 0.0155. The fourth-order valence-electron chi connectivity index (χ4n) is 3.39. The second-order valence-electron chi connectivity index (χ2n) is 7.79. The average molecular weight is 386 g/mol. The summed E-state index contributed by atoms with van der Waals surface area (Å²) < 4.78 is 7.68. The van der Waals surface area contributed by atoms with Gasteiger partial charge >= 0.3 is 0 Å². The van der Waals surface area contributed by atoms with Crippen LogP contribution in [0.15, 0.2) is 30.3 Å². The molecule has 1 aromatic heterocycles. The minimum Gasteiger partial charge on any atom is -0.484 e. The number of carbonyl (C=O) groups excluding carboxylic acids is 1. The van der Waals surface area contributed by atoms with Gasteiger partial charge in [0.15, 0.2) is 12.4 Å². The summed E-state index contributed by atoms with van der Waals surface area (Å²) in [5.41, 5.74) is 0. The summed E-state index contributed by atoms with van der Waals surface area (Å²) in [7, 11) is 0. The number of hydrogen-bond acceptors (Lipinski definition) is 5. The van der Waals surface area contributed by atoms with Crippen LogP contribution in [0, 0.1) is 5.92 Å². The Kier molecular flexibility index (Phi) is 7.03. The van der Waals surface area contributed by atoms with Crippen molar-refractivity contribution < 1.29 is 9.53 Å². The SMILES string of the molecule is CC(C)CCN1CCc2nnc(C(C)NC(=O)COc3ccccc3)n2CC1. The molecule has 1 aliphatic rings. The molecule has 28 heavy (non-hydrogen) atoms. The molecular formula is C21H31N5O2. The fourth-order valence-corrected chi connectivity index (χ4v) is 3.39. The second kappa shape index (κ2) is 9.68. The average Bonchev–Trinajstić information content (AvgIpc) is 2.99. The molecule has 1 aromatic carbocycles. The van der Waals surface area contributed by atoms with Crippen molar-refractivity contribution in [1.29, 1.82) is 0 Å². The van der Waals surface area contributed by atoms with Crippen molar-refractivity contribution >= 4 is 5.91 Å². The van der Waals surface area contributed by atoms with E-state index in [0.717, 1.165) is 44.2 Å². The van der Waals surface area contributed by atoms with Crippen LogP contribution in [-0.2, 0) is 17.8 Å². The number of hydrogen-bond donors (Lipinski definition) is 1. The third-order valence-electron chi connectivity index (χ3n) is 5.05. The van der Waals surface area contributed by atoms with Crippen molar-refractivity contribution in [2.75, 3.05) is 26.2 Å². The quantitative estimate of drug-likeness (QED) is 0.756. The molecule has 1 aliphatic heterocycles. The van der Waals surface area contributed by atoms with E-state index in [0.29, 0.717) is 11.7 Å². The van der Waals surface area contributed by atoms with Crippen molar-refractivity contribution in [2.24, 2.45) is 5.92 Å². The van der Waals surface area contributed by atoms with Gasteiger partial charge in [-0.1, -0.05) is 32.0 Å². The lowest BCUT2D eigenvalue weighted by molar-refractivity contribution is -0.123. The topological polar surface area (TPSA) is 72.3 Å². The van der Waals surface area contributed by atoms with E-state index >= 15 is 0 Å². The van der Waals surface area contributed by atoms with Crippen molar-refractivity contribution in [3.8, 4) is 5.75 Å². The molecular weight excluding hydrogens is 354 g/mol. The number of aromatic nitrogens is 3. The first kappa shape index (κ1) is 20.3. The molecule has 0 bridgehead atoms. The van der Waals surface area contributed by atoms with Crippen LogP contribution in [0.4, 0.5) is 0 Å². The third kappa shape index (κ3) is 5.55. The lowest BCUT2D eigenvalue weighted by Crippen LogP contribution is -2.33. The summed E-state index contributed by atoms with van der Waals surface area (Å²) in [5, 5.41) is 11.7. The number of fused-ring (bicyclic) bond motifs is 1. The Morgan fingerprint density at radius 1 is 1.14 bits per heavy atom. The van der Waals surface area contributed by atoms with Gasteiger partial charge in [-0.3, -0.25) is 4.79 Å². The van der Waals surface area contributed by atoms with E-state index in [2.05, 4.69) is 38.8 Å². The molecule has 1 N–H and O–H groups in total. The predicted octanol–water partition coefficient (Wildman–Crippen LogP) is 2.44. The second-order valence-corrected chi connectivity index (χ2v) is 7.79. The van der Waals surface area contributed by atoms with Crippen LogP contribution in [0.1, 0.15) is 44.9 Å². The number of para-hydroxylation sites is 1. The van der Waals surface area contributed by atoms with Crippen LogP contribution in [0.5, 0.6) is 5.75 Å². The van der Waals surface area contributed by atoms with E-state index in [1.807, 2.05) is 37.3 Å². The van der Waals surface area contributed by atoms with Crippen LogP contribution in [0.3, 0.4) is 0 Å². The van der Waals surface area contributed by atoms with Crippen LogP contribution >= 0.6 is 0 Å². The van der Waals surface area contributed by atoms with Gasteiger partial charge in [-0.25, -0.2) is 0 Å². The van der Waals surface area contributed by atoms with Crippen molar-refractivity contribution in [3.63, 3.8) is 0 Å². The molecule has 1 atom stereocenters. The van der Waals surface area contributed by atoms with Crippen LogP contribution in [-0.4, -0.2) is 51.8 Å². The van der Waals surface area contributed by atoms with E-state index in [-0.39, 0.29) is 18.6 Å². The van der Waals surface area contributed by atoms with Gasteiger partial charge in [0.25, 0.3) is 5.91 Å². The number of ether oxygens (including phenoxy) is 1. The van der Waals surface area contributed by atoms with E-state index in [1.54, 1.807) is 0 Å². The number of nitrogens with zero attached hydrogens (tertiary/aromatic N) is 4. The van der Waals surface area contributed by atoms with E-state index < -0.39 is 0 Å². The lowest BCUT2D eigenvalue weighted by Gasteiger charge is -2.21. The number of rotatable bonds is 8. The van der Waals surface area contributed by atoms with Gasteiger partial charge in [0, 0.05) is 26.1 Å². The molecule has 2 aromatic rings. The standard InChI is InChI=1S/C21H31N5O2/c1-16(2)9-11-25-12-10-19-23-24-21(26(19)14-13-25)17(3)22-20(27)15-28-18-7-5-4-6-8-18/h4-8,16-17H,9-15H2,1-3H3,(H,22,27). The van der Waals surface area contributed by atoms with E-state index in [1.165, 1.54) is 6.42 Å². The zero-order chi connectivity index (χ0) is 19.9. The Labute approximate surface area is 167 Å². The number of benzene rings is 1. The van der Waals surface area contributed by atoms with E-state index in [4.69, 9.17) is 4.74 Å². The monoisotopic (exact) mass is 385 g/mol. The summed E-state index contributed by atoms with van der Waals surface area (Å²) in [6, 6.07) is 9.13. The maximum atomic E-state index is 12.3. The van der Waals surface area contributed by atoms with Gasteiger partial charge in [0.2, 0.25) is 0 Å². The Bertz CT molecular complexity index is 759. The maximum Gasteiger partial charge on any atom is 0.258 e.